The fraction of sp³-hybridized carbons (Fsp3) is 0.558. The van der Waals surface area contributed by atoms with Gasteiger partial charge in [0.15, 0.2) is 16.8 Å². The van der Waals surface area contributed by atoms with Crippen LogP contribution in [0, 0.1) is 30.1 Å². The van der Waals surface area contributed by atoms with Gasteiger partial charge >= 0.3 is 0 Å². The molecule has 56 heavy (non-hydrogen) atoms. The Labute approximate surface area is 333 Å². The number of aliphatic hydroxyl groups is 2. The topological polar surface area (TPSA) is 146 Å². The molecule has 1 aliphatic heterocycles. The van der Waals surface area contributed by atoms with E-state index in [1.165, 1.54) is 30.5 Å². The zero-order valence-corrected chi connectivity index (χ0v) is 34.0. The van der Waals surface area contributed by atoms with Gasteiger partial charge in [0.25, 0.3) is 0 Å². The van der Waals surface area contributed by atoms with Crippen LogP contribution >= 0.6 is 11.3 Å². The van der Waals surface area contributed by atoms with E-state index >= 15 is 0 Å². The van der Waals surface area contributed by atoms with Gasteiger partial charge in [-0.15, -0.1) is 10.2 Å². The van der Waals surface area contributed by atoms with Crippen LogP contribution in [0.15, 0.2) is 48.8 Å². The van der Waals surface area contributed by atoms with Crippen LogP contribution < -0.4 is 15.5 Å². The summed E-state index contributed by atoms with van der Waals surface area (Å²) in [4.78, 5) is 11.9. The van der Waals surface area contributed by atoms with Gasteiger partial charge < -0.3 is 30.5 Å². The molecule has 4 fully saturated rings. The Hall–Kier alpha value is -4.01. The molecule has 5 aromatic rings. The van der Waals surface area contributed by atoms with E-state index in [0.717, 1.165) is 101 Å². The number of thiazole rings is 1. The minimum Gasteiger partial charge on any atom is -0.394 e. The molecular weight excluding hydrogens is 723 g/mol. The van der Waals surface area contributed by atoms with Crippen LogP contribution in [0.2, 0.25) is 0 Å². The predicted molar refractivity (Wildman–Crippen MR) is 221 cm³/mol. The lowest BCUT2D eigenvalue weighted by atomic mass is 9.39. The van der Waals surface area contributed by atoms with Crippen molar-refractivity contribution in [3.05, 3.63) is 65.6 Å². The number of aliphatic hydroxyl groups excluding tert-OH is 2. The molecule has 3 atom stereocenters. The van der Waals surface area contributed by atoms with Gasteiger partial charge in [0.1, 0.15) is 5.82 Å². The maximum atomic E-state index is 9.67. The molecule has 4 bridgehead atoms. The third kappa shape index (κ3) is 7.10. The smallest absolute Gasteiger partial charge is 0.189 e. The van der Waals surface area contributed by atoms with E-state index in [1.807, 2.05) is 30.6 Å². The number of hydrogen-bond donors (Lipinski definition) is 4. The molecule has 4 N–H and O–H groups in total. The maximum Gasteiger partial charge on any atom is 0.189 e. The highest BCUT2D eigenvalue weighted by molar-refractivity contribution is 7.22. The van der Waals surface area contributed by atoms with Crippen molar-refractivity contribution in [3.63, 3.8) is 0 Å². The third-order valence-electron chi connectivity index (χ3n) is 13.0. The number of aromatic nitrogens is 6. The largest absolute Gasteiger partial charge is 0.394 e. The van der Waals surface area contributed by atoms with Gasteiger partial charge in [-0.05, 0) is 119 Å². The number of anilines is 4. The molecule has 4 aromatic heterocycles. The fourth-order valence-corrected chi connectivity index (χ4v) is 12.7. The highest BCUT2D eigenvalue weighted by atomic mass is 32.1. The van der Waals surface area contributed by atoms with Crippen molar-refractivity contribution in [2.24, 2.45) is 16.2 Å². The molecule has 0 saturated heterocycles. The second-order valence-electron chi connectivity index (χ2n) is 18.1. The normalized spacial score (nSPS) is 27.2. The first kappa shape index (κ1) is 37.6. The lowest BCUT2D eigenvalue weighted by molar-refractivity contribution is -0.247. The minimum absolute atomic E-state index is 0.112. The van der Waals surface area contributed by atoms with Crippen LogP contribution in [-0.4, -0.2) is 84.7 Å². The van der Waals surface area contributed by atoms with Crippen molar-refractivity contribution in [2.45, 2.75) is 104 Å². The van der Waals surface area contributed by atoms with E-state index in [1.54, 1.807) is 11.3 Å². The van der Waals surface area contributed by atoms with E-state index in [0.29, 0.717) is 19.6 Å². The van der Waals surface area contributed by atoms with Crippen molar-refractivity contribution in [3.8, 4) is 11.1 Å². The molecule has 296 valence electrons. The van der Waals surface area contributed by atoms with Crippen molar-refractivity contribution >= 4 is 44.1 Å². The lowest BCUT2D eigenvalue weighted by Gasteiger charge is -2.69. The van der Waals surface area contributed by atoms with Crippen LogP contribution in [0.3, 0.4) is 0 Å². The van der Waals surface area contributed by atoms with E-state index < -0.39 is 6.10 Å². The molecule has 13 heteroatoms. The molecule has 1 aromatic carbocycles. The average molecular weight is 778 g/mol. The van der Waals surface area contributed by atoms with Gasteiger partial charge in [-0.25, -0.2) is 9.97 Å². The highest BCUT2D eigenvalue weighted by Crippen LogP contribution is 2.72. The molecule has 0 amide bonds. The van der Waals surface area contributed by atoms with Crippen LogP contribution in [0.1, 0.15) is 82.0 Å². The number of benzene rings is 1. The Balaban J connectivity index is 0.890. The number of para-hydroxylation sites is 1. The van der Waals surface area contributed by atoms with Gasteiger partial charge in [0, 0.05) is 53.8 Å². The fourth-order valence-electron chi connectivity index (χ4n) is 11.8. The second kappa shape index (κ2) is 14.4. The van der Waals surface area contributed by atoms with Crippen molar-refractivity contribution in [1.29, 1.82) is 0 Å². The number of rotatable bonds is 14. The molecule has 0 spiro atoms. The summed E-state index contributed by atoms with van der Waals surface area (Å²) in [6.45, 7) is 12.9. The molecule has 5 heterocycles. The quantitative estimate of drug-likeness (QED) is 0.0846. The molecule has 12 nitrogen and oxygen atoms in total. The van der Waals surface area contributed by atoms with E-state index in [-0.39, 0.29) is 28.5 Å². The van der Waals surface area contributed by atoms with Gasteiger partial charge in [-0.2, -0.15) is 5.10 Å². The van der Waals surface area contributed by atoms with Gasteiger partial charge in [0.05, 0.1) is 41.3 Å². The summed E-state index contributed by atoms with van der Waals surface area (Å²) >= 11 is 1.62. The molecule has 4 aliphatic carbocycles. The number of fused-ring (bicyclic) bond motifs is 2. The maximum absolute atomic E-state index is 9.67. The Bertz CT molecular complexity index is 2170. The molecule has 2 unspecified atom stereocenters. The third-order valence-corrected chi connectivity index (χ3v) is 14.0. The van der Waals surface area contributed by atoms with E-state index in [4.69, 9.17) is 30.0 Å². The van der Waals surface area contributed by atoms with Crippen LogP contribution in [0.25, 0.3) is 21.3 Å². The van der Waals surface area contributed by atoms with Gasteiger partial charge in [-0.3, -0.25) is 4.68 Å². The first-order valence-electron chi connectivity index (χ1n) is 20.4. The first-order valence-corrected chi connectivity index (χ1v) is 21.2. The van der Waals surface area contributed by atoms with Crippen molar-refractivity contribution in [1.82, 2.24) is 35.3 Å². The number of hydrogen-bond acceptors (Lipinski definition) is 12. The summed E-state index contributed by atoms with van der Waals surface area (Å²) in [5.74, 6) is 2.50. The summed E-state index contributed by atoms with van der Waals surface area (Å²) in [5, 5.41) is 40.8. The molecule has 0 radical (unpaired) electrons. The zero-order valence-electron chi connectivity index (χ0n) is 33.1. The number of ether oxygens (including phenoxy) is 1. The van der Waals surface area contributed by atoms with Crippen LogP contribution in [0.4, 0.5) is 22.6 Å². The zero-order chi connectivity index (χ0) is 38.7. The van der Waals surface area contributed by atoms with Crippen molar-refractivity contribution in [2.75, 3.05) is 43.1 Å². The number of nitrogens with zero attached hydrogens (tertiary/aromatic N) is 7. The highest BCUT2D eigenvalue weighted by Gasteiger charge is 2.66. The monoisotopic (exact) mass is 777 g/mol. The van der Waals surface area contributed by atoms with Crippen LogP contribution in [-0.2, 0) is 17.7 Å². The summed E-state index contributed by atoms with van der Waals surface area (Å²) in [5.41, 5.74) is 7.18. The molecule has 10 rings (SSSR count). The predicted octanol–water partition coefficient (Wildman–Crippen LogP) is 7.26. The number of pyridine rings is 1. The Kier molecular flexibility index (Phi) is 9.67. The standard InChI is InChI=1S/C43H55N9O3S/c1-28-32-8-7-16-51(38(32)50-49-37(28)48-39-47-34-9-5-6-10-35(34)56-39)36-12-11-30(18-45-36)33-19-46-52(29(33)2)27-42-22-40(3)21-41(4,23-42)25-43(24-40,26-42)55-17-15-44-14-13-31(54)20-53/h5-6,9-12,18-19,31,44,53-54H,7-8,13-17,20-27H2,1-4H3,(H,47,48,49)/t31-,40?,41?,42?,43?/m0/s1. The first-order chi connectivity index (χ1) is 27.0. The molecular formula is C43H55N9O3S. The minimum atomic E-state index is -0.666. The summed E-state index contributed by atoms with van der Waals surface area (Å²) < 4.78 is 10.3. The summed E-state index contributed by atoms with van der Waals surface area (Å²) in [7, 11) is 0. The van der Waals surface area contributed by atoms with E-state index in [9.17, 15) is 5.11 Å². The summed E-state index contributed by atoms with van der Waals surface area (Å²) in [6.07, 6.45) is 12.8. The van der Waals surface area contributed by atoms with Gasteiger partial charge in [0.2, 0.25) is 0 Å². The summed E-state index contributed by atoms with van der Waals surface area (Å²) in [6, 6.07) is 12.4. The van der Waals surface area contributed by atoms with Crippen molar-refractivity contribution < 1.29 is 14.9 Å². The Morgan fingerprint density at radius 1 is 0.964 bits per heavy atom. The Morgan fingerprint density at radius 3 is 2.55 bits per heavy atom. The van der Waals surface area contributed by atoms with E-state index in [2.05, 4.69) is 71.2 Å². The SMILES string of the molecule is Cc1c(Nc2nc3ccccc3s2)nnc2c1CCCN2c1ccc(-c2cnn(CC34CC5(C)CC(C)(C3)CC(OCCNCC[C@H](O)CO)(C5)C4)c2C)cn1. The number of nitrogens with one attached hydrogen (secondary N) is 2. The molecule has 4 saturated carbocycles. The van der Waals surface area contributed by atoms with Crippen LogP contribution in [0.5, 0.6) is 0 Å². The Morgan fingerprint density at radius 2 is 1.79 bits per heavy atom. The van der Waals surface area contributed by atoms with Gasteiger partial charge in [-0.1, -0.05) is 37.3 Å². The average Bonchev–Trinajstić information content (AvgIpc) is 3.74. The lowest BCUT2D eigenvalue weighted by Crippen LogP contribution is -2.64. The molecule has 5 aliphatic rings. The second-order valence-corrected chi connectivity index (χ2v) is 19.2.